The van der Waals surface area contributed by atoms with Crippen molar-refractivity contribution in [2.75, 3.05) is 6.61 Å². The van der Waals surface area contributed by atoms with Gasteiger partial charge in [0.05, 0.1) is 43.1 Å². The van der Waals surface area contributed by atoms with Gasteiger partial charge in [0, 0.05) is 0 Å². The van der Waals surface area contributed by atoms with Crippen LogP contribution < -0.4 is 0 Å². The minimum atomic E-state index is -2.58. The monoisotopic (exact) mass is 640 g/mol. The standard InChI is InChI=1S/C23H56O7Si7/c1-23(2)27-21-19(24)20(26-22(21)28-23)18-17-25-36(31(3,4)5,32(6,7)8)30-35(15,16)37(29-18,33(9,10)11)34(12,13)14/h18-22,24H,17H2,1-16H3/t18-,19+,20-,21-,22-/m1/s1. The van der Waals surface area contributed by atoms with E-state index in [0.717, 1.165) is 0 Å². The lowest BCUT2D eigenvalue weighted by atomic mass is 10.1. The van der Waals surface area contributed by atoms with Crippen molar-refractivity contribution in [3.05, 3.63) is 0 Å². The molecule has 3 aliphatic heterocycles. The number of hydrogen-bond donors (Lipinski definition) is 1. The maximum atomic E-state index is 11.5. The number of aliphatic hydroxyl groups is 1. The van der Waals surface area contributed by atoms with Crippen LogP contribution in [0.5, 0.6) is 0 Å². The molecule has 0 saturated carbocycles. The Balaban J connectivity index is 2.22. The molecule has 3 saturated heterocycles. The van der Waals surface area contributed by atoms with Crippen molar-refractivity contribution in [1.82, 2.24) is 0 Å². The molecule has 0 aromatic carbocycles. The van der Waals surface area contributed by atoms with Crippen LogP contribution in [0.2, 0.25) is 91.7 Å². The largest absolute Gasteiger partial charge is 0.441 e. The lowest BCUT2D eigenvalue weighted by molar-refractivity contribution is -0.225. The molecule has 5 atom stereocenters. The molecule has 14 heteroatoms. The first kappa shape index (κ1) is 32.7. The lowest BCUT2D eigenvalue weighted by Crippen LogP contribution is -2.91. The fraction of sp³-hybridized carbons (Fsp3) is 1.00. The highest BCUT2D eigenvalue weighted by atomic mass is 29.9. The van der Waals surface area contributed by atoms with Crippen LogP contribution in [0.15, 0.2) is 0 Å². The molecule has 0 aromatic rings. The molecule has 218 valence electrons. The molecule has 0 radical (unpaired) electrons. The molecule has 0 unspecified atom stereocenters. The smallest absolute Gasteiger partial charge is 0.285 e. The molecule has 3 aliphatic rings. The maximum Gasteiger partial charge on any atom is 0.285 e. The van der Waals surface area contributed by atoms with Crippen molar-refractivity contribution in [2.24, 2.45) is 0 Å². The molecule has 3 heterocycles. The van der Waals surface area contributed by atoms with E-state index in [1.807, 2.05) is 13.8 Å². The topological polar surface area (TPSA) is 75.6 Å². The van der Waals surface area contributed by atoms with Crippen LogP contribution in [-0.2, 0) is 27.2 Å². The summed E-state index contributed by atoms with van der Waals surface area (Å²) in [7, 11) is -12.4. The Hall–Kier alpha value is 1.24. The van der Waals surface area contributed by atoms with Crippen molar-refractivity contribution < 1.29 is 32.3 Å². The number of hydrogen-bond acceptors (Lipinski definition) is 7. The molecule has 1 N–H and O–H groups in total. The van der Waals surface area contributed by atoms with Crippen molar-refractivity contribution in [3.63, 3.8) is 0 Å². The molecule has 0 aromatic heterocycles. The van der Waals surface area contributed by atoms with Gasteiger partial charge in [-0.2, -0.15) is 0 Å². The van der Waals surface area contributed by atoms with E-state index >= 15 is 0 Å². The second-order valence-electron chi connectivity index (χ2n) is 16.4. The number of fused-ring (bicyclic) bond motifs is 1. The second kappa shape index (κ2) is 9.64. The highest BCUT2D eigenvalue weighted by molar-refractivity contribution is 7.87. The normalized spacial score (nSPS) is 36.1. The predicted octanol–water partition coefficient (Wildman–Crippen LogP) is 4.99. The molecule has 3 rings (SSSR count). The van der Waals surface area contributed by atoms with Crippen molar-refractivity contribution in [1.29, 1.82) is 0 Å². The molecular weight excluding hydrogens is 585 g/mol. The van der Waals surface area contributed by atoms with Gasteiger partial charge < -0.3 is 32.3 Å². The van der Waals surface area contributed by atoms with Gasteiger partial charge in [-0.15, -0.1) is 0 Å². The summed E-state index contributed by atoms with van der Waals surface area (Å²) in [6.45, 7) is 36.5. The zero-order chi connectivity index (χ0) is 28.8. The maximum absolute atomic E-state index is 11.5. The summed E-state index contributed by atoms with van der Waals surface area (Å²) in [5, 5.41) is 11.5. The molecule has 0 amide bonds. The van der Waals surface area contributed by atoms with Gasteiger partial charge in [0.2, 0.25) is 0 Å². The van der Waals surface area contributed by atoms with E-state index in [0.29, 0.717) is 6.61 Å². The highest BCUT2D eigenvalue weighted by Gasteiger charge is 2.74. The quantitative estimate of drug-likeness (QED) is 0.424. The SMILES string of the molecule is CC1(C)O[C@H]2O[C@H]([C@H]3CO[Si]([Si](C)(C)C)([Si](C)(C)C)O[Si](C)(C)[Si]([Si](C)(C)C)([Si](C)(C)C)O3)[C@H](O)[C@H]2O1. The number of aliphatic hydroxyl groups excluding tert-OH is 1. The summed E-state index contributed by atoms with van der Waals surface area (Å²) in [5.41, 5.74) is 0. The Kier molecular flexibility index (Phi) is 8.53. The number of rotatable bonds is 5. The van der Waals surface area contributed by atoms with Gasteiger partial charge in [0.15, 0.2) is 26.8 Å². The van der Waals surface area contributed by atoms with Crippen LogP contribution >= 0.6 is 0 Å². The predicted molar refractivity (Wildman–Crippen MR) is 169 cm³/mol. The summed E-state index contributed by atoms with van der Waals surface area (Å²) in [5.74, 6) is -0.769. The Morgan fingerprint density at radius 1 is 0.730 bits per heavy atom. The van der Waals surface area contributed by atoms with Crippen molar-refractivity contribution in [2.45, 2.75) is 142 Å². The zero-order valence-electron chi connectivity index (χ0n) is 26.5. The van der Waals surface area contributed by atoms with Gasteiger partial charge in [-0.25, -0.2) is 0 Å². The summed E-state index contributed by atoms with van der Waals surface area (Å²) < 4.78 is 41.3. The fourth-order valence-electron chi connectivity index (χ4n) is 8.20. The third-order valence-corrected chi connectivity index (χ3v) is 108. The van der Waals surface area contributed by atoms with Crippen LogP contribution in [0.25, 0.3) is 0 Å². The van der Waals surface area contributed by atoms with Crippen LogP contribution in [0.3, 0.4) is 0 Å². The van der Waals surface area contributed by atoms with Gasteiger partial charge in [0.25, 0.3) is 7.60 Å². The molecule has 0 spiro atoms. The van der Waals surface area contributed by atoms with Crippen LogP contribution in [0.1, 0.15) is 13.8 Å². The molecule has 0 bridgehead atoms. The average molecular weight is 641 g/mol. The first-order valence-electron chi connectivity index (χ1n) is 13.9. The Bertz CT molecular complexity index is 829. The highest BCUT2D eigenvalue weighted by Crippen LogP contribution is 2.47. The van der Waals surface area contributed by atoms with Gasteiger partial charge in [-0.05, 0) is 26.9 Å². The summed E-state index contributed by atoms with van der Waals surface area (Å²) in [6.07, 6.45) is -2.81. The van der Waals surface area contributed by atoms with Crippen molar-refractivity contribution >= 4 is 52.7 Å². The van der Waals surface area contributed by atoms with E-state index in [2.05, 4.69) is 91.7 Å². The first-order valence-corrected chi connectivity index (χ1v) is 39.6. The number of ether oxygens (including phenoxy) is 3. The minimum absolute atomic E-state index is 0.351. The summed E-state index contributed by atoms with van der Waals surface area (Å²) >= 11 is 0. The van der Waals surface area contributed by atoms with E-state index in [9.17, 15) is 5.11 Å². The van der Waals surface area contributed by atoms with E-state index in [1.54, 1.807) is 0 Å². The molecular formula is C23H56O7Si7. The van der Waals surface area contributed by atoms with E-state index < -0.39 is 83.1 Å². The van der Waals surface area contributed by atoms with Crippen LogP contribution in [-0.4, -0.2) is 101 Å². The third kappa shape index (κ3) is 5.32. The van der Waals surface area contributed by atoms with E-state index in [1.165, 1.54) is 0 Å². The molecule has 7 nitrogen and oxygen atoms in total. The Morgan fingerprint density at radius 3 is 1.62 bits per heavy atom. The van der Waals surface area contributed by atoms with Gasteiger partial charge in [0.1, 0.15) is 18.3 Å². The second-order valence-corrected chi connectivity index (χ2v) is 79.3. The zero-order valence-corrected chi connectivity index (χ0v) is 33.5. The van der Waals surface area contributed by atoms with Gasteiger partial charge in [-0.1, -0.05) is 78.6 Å². The lowest BCUT2D eigenvalue weighted by Gasteiger charge is -2.63. The fourth-order valence-corrected chi connectivity index (χ4v) is 147. The summed E-state index contributed by atoms with van der Waals surface area (Å²) in [4.78, 5) is 0. The molecule has 3 fully saturated rings. The summed E-state index contributed by atoms with van der Waals surface area (Å²) in [6, 6.07) is 0. The van der Waals surface area contributed by atoms with Gasteiger partial charge >= 0.3 is 0 Å². The van der Waals surface area contributed by atoms with Crippen LogP contribution in [0, 0.1) is 0 Å². The minimum Gasteiger partial charge on any atom is -0.441 e. The third-order valence-electron chi connectivity index (χ3n) is 8.53. The first-order chi connectivity index (χ1) is 16.2. The Labute approximate surface area is 232 Å². The van der Waals surface area contributed by atoms with E-state index in [-0.39, 0.29) is 6.10 Å². The molecule has 0 aliphatic carbocycles. The average Bonchev–Trinajstić information content (AvgIpc) is 3.07. The Morgan fingerprint density at radius 2 is 1.22 bits per heavy atom. The van der Waals surface area contributed by atoms with Crippen LogP contribution in [0.4, 0.5) is 0 Å². The van der Waals surface area contributed by atoms with Crippen molar-refractivity contribution in [3.8, 4) is 0 Å². The van der Waals surface area contributed by atoms with E-state index in [4.69, 9.17) is 27.2 Å². The molecule has 37 heavy (non-hydrogen) atoms. The van der Waals surface area contributed by atoms with Gasteiger partial charge in [-0.3, -0.25) is 0 Å².